The van der Waals surface area contributed by atoms with Gasteiger partial charge in [0.2, 0.25) is 0 Å². The first-order valence-corrected chi connectivity index (χ1v) is 6.86. The lowest BCUT2D eigenvalue weighted by Crippen LogP contribution is -2.04. The van der Waals surface area contributed by atoms with Gasteiger partial charge in [-0.3, -0.25) is 0 Å². The van der Waals surface area contributed by atoms with Gasteiger partial charge in [-0.2, -0.15) is 0 Å². The Morgan fingerprint density at radius 3 is 2.94 bits per heavy atom. The third-order valence-electron chi connectivity index (χ3n) is 3.12. The lowest BCUT2D eigenvalue weighted by molar-refractivity contribution is -0.108. The van der Waals surface area contributed by atoms with Crippen LogP contribution in [0.25, 0.3) is 0 Å². The second-order valence-electron chi connectivity index (χ2n) is 4.74. The highest BCUT2D eigenvalue weighted by molar-refractivity contribution is 9.10. The maximum atomic E-state index is 10.6. The first kappa shape index (κ1) is 12.6. The van der Waals surface area contributed by atoms with Crippen molar-refractivity contribution in [1.29, 1.82) is 0 Å². The number of carbonyl (C=O) groups excluding carboxylic acids is 1. The van der Waals surface area contributed by atoms with Gasteiger partial charge in [0.15, 0.2) is 0 Å². The monoisotopic (exact) mass is 296 g/mol. The van der Waals surface area contributed by atoms with Crippen LogP contribution in [0.1, 0.15) is 37.7 Å². The molecular weight excluding hydrogens is 280 g/mol. The van der Waals surface area contributed by atoms with Gasteiger partial charge in [-0.15, -0.1) is 0 Å². The molecule has 1 aromatic rings. The summed E-state index contributed by atoms with van der Waals surface area (Å²) < 4.78 is 6.88. The van der Waals surface area contributed by atoms with Crippen molar-refractivity contribution in [1.82, 2.24) is 0 Å². The van der Waals surface area contributed by atoms with Crippen molar-refractivity contribution in [2.24, 2.45) is 5.92 Å². The molecule has 0 aliphatic heterocycles. The number of rotatable bonds is 6. The maximum absolute atomic E-state index is 10.6. The fourth-order valence-corrected chi connectivity index (χ4v) is 2.18. The second-order valence-corrected chi connectivity index (χ2v) is 5.66. The highest BCUT2D eigenvalue weighted by Gasteiger charge is 2.22. The summed E-state index contributed by atoms with van der Waals surface area (Å²) in [5.41, 5.74) is 1.12. The van der Waals surface area contributed by atoms with Crippen LogP contribution in [0.3, 0.4) is 0 Å². The summed E-state index contributed by atoms with van der Waals surface area (Å²) >= 11 is 3.46. The highest BCUT2D eigenvalue weighted by Crippen LogP contribution is 2.34. The maximum Gasteiger partial charge on any atom is 0.122 e. The molecule has 0 radical (unpaired) electrons. The van der Waals surface area contributed by atoms with Crippen LogP contribution >= 0.6 is 15.9 Å². The molecule has 17 heavy (non-hydrogen) atoms. The Labute approximate surface area is 110 Å². The number of aldehydes is 1. The average Bonchev–Trinajstić information content (AvgIpc) is 3.11. The molecule has 1 unspecified atom stereocenters. The molecule has 0 heterocycles. The minimum absolute atomic E-state index is 0.208. The molecule has 0 saturated heterocycles. The molecule has 92 valence electrons. The molecule has 1 aliphatic carbocycles. The standard InChI is InChI=1S/C14H17BrO2/c1-10(6-7-16)13-8-12(15)4-5-14(13)17-9-11-2-3-11/h4-5,7-8,10-11H,2-3,6,9H2,1H3. The Hall–Kier alpha value is -0.830. The fourth-order valence-electron chi connectivity index (χ4n) is 1.80. The van der Waals surface area contributed by atoms with Crippen molar-refractivity contribution in [2.75, 3.05) is 6.61 Å². The minimum Gasteiger partial charge on any atom is -0.493 e. The van der Waals surface area contributed by atoms with Crippen LogP contribution in [-0.2, 0) is 4.79 Å². The molecule has 1 fully saturated rings. The van der Waals surface area contributed by atoms with Gasteiger partial charge in [0, 0.05) is 10.9 Å². The van der Waals surface area contributed by atoms with Crippen molar-refractivity contribution in [2.45, 2.75) is 32.1 Å². The number of hydrogen-bond acceptors (Lipinski definition) is 2. The Morgan fingerprint density at radius 2 is 2.29 bits per heavy atom. The van der Waals surface area contributed by atoms with E-state index in [2.05, 4.69) is 28.9 Å². The van der Waals surface area contributed by atoms with E-state index < -0.39 is 0 Å². The molecule has 3 heteroatoms. The zero-order chi connectivity index (χ0) is 12.3. The Kier molecular flexibility index (Phi) is 4.21. The molecule has 1 saturated carbocycles. The van der Waals surface area contributed by atoms with E-state index in [0.29, 0.717) is 6.42 Å². The molecule has 0 spiro atoms. The lowest BCUT2D eigenvalue weighted by Gasteiger charge is -2.15. The third-order valence-corrected chi connectivity index (χ3v) is 3.62. The quantitative estimate of drug-likeness (QED) is 0.744. The van der Waals surface area contributed by atoms with E-state index in [4.69, 9.17) is 4.74 Å². The molecule has 0 aromatic heterocycles. The van der Waals surface area contributed by atoms with Crippen molar-refractivity contribution in [3.05, 3.63) is 28.2 Å². The van der Waals surface area contributed by atoms with Gasteiger partial charge in [-0.05, 0) is 48.4 Å². The predicted molar refractivity (Wildman–Crippen MR) is 71.5 cm³/mol. The van der Waals surface area contributed by atoms with Gasteiger partial charge >= 0.3 is 0 Å². The Bertz CT molecular complexity index is 399. The summed E-state index contributed by atoms with van der Waals surface area (Å²) in [5, 5.41) is 0. The van der Waals surface area contributed by atoms with Crippen LogP contribution in [0, 0.1) is 5.92 Å². The molecule has 1 aliphatic rings. The van der Waals surface area contributed by atoms with Crippen molar-refractivity contribution in [3.63, 3.8) is 0 Å². The smallest absolute Gasteiger partial charge is 0.122 e. The van der Waals surface area contributed by atoms with Crippen LogP contribution in [0.15, 0.2) is 22.7 Å². The summed E-state index contributed by atoms with van der Waals surface area (Å²) in [4.78, 5) is 10.6. The summed E-state index contributed by atoms with van der Waals surface area (Å²) in [5.74, 6) is 1.88. The van der Waals surface area contributed by atoms with Gasteiger partial charge < -0.3 is 9.53 Å². The molecule has 0 bridgehead atoms. The van der Waals surface area contributed by atoms with Crippen LogP contribution in [0.4, 0.5) is 0 Å². The molecule has 0 amide bonds. The molecule has 1 atom stereocenters. The Morgan fingerprint density at radius 1 is 1.53 bits per heavy atom. The summed E-state index contributed by atoms with van der Waals surface area (Å²) in [6.07, 6.45) is 4.08. The van der Waals surface area contributed by atoms with Gasteiger partial charge in [0.25, 0.3) is 0 Å². The lowest BCUT2D eigenvalue weighted by atomic mass is 9.97. The Balaban J connectivity index is 2.13. The van der Waals surface area contributed by atoms with E-state index >= 15 is 0 Å². The molecule has 1 aromatic carbocycles. The van der Waals surface area contributed by atoms with Crippen molar-refractivity contribution < 1.29 is 9.53 Å². The third kappa shape index (κ3) is 3.56. The van der Waals surface area contributed by atoms with Crippen LogP contribution < -0.4 is 4.74 Å². The topological polar surface area (TPSA) is 26.3 Å². The largest absolute Gasteiger partial charge is 0.493 e. The zero-order valence-electron chi connectivity index (χ0n) is 9.99. The molecular formula is C14H17BrO2. The predicted octanol–water partition coefficient (Wildman–Crippen LogP) is 3.93. The number of ether oxygens (including phenoxy) is 1. The van der Waals surface area contributed by atoms with E-state index in [1.54, 1.807) is 0 Å². The fraction of sp³-hybridized carbons (Fsp3) is 0.500. The van der Waals surface area contributed by atoms with Gasteiger partial charge in [-0.1, -0.05) is 22.9 Å². The first-order chi connectivity index (χ1) is 8.20. The second kappa shape index (κ2) is 5.67. The number of carbonyl (C=O) groups is 1. The van der Waals surface area contributed by atoms with E-state index in [9.17, 15) is 4.79 Å². The first-order valence-electron chi connectivity index (χ1n) is 6.06. The summed E-state index contributed by atoms with van der Waals surface area (Å²) in [7, 11) is 0. The molecule has 0 N–H and O–H groups in total. The van der Waals surface area contributed by atoms with Crippen molar-refractivity contribution in [3.8, 4) is 5.75 Å². The SMILES string of the molecule is CC(CC=O)c1cc(Br)ccc1OCC1CC1. The van der Waals surface area contributed by atoms with E-state index in [0.717, 1.165) is 34.6 Å². The van der Waals surface area contributed by atoms with Crippen LogP contribution in [0.2, 0.25) is 0 Å². The van der Waals surface area contributed by atoms with E-state index in [1.165, 1.54) is 12.8 Å². The van der Waals surface area contributed by atoms with E-state index in [-0.39, 0.29) is 5.92 Å². The number of halogens is 1. The van der Waals surface area contributed by atoms with Crippen LogP contribution in [-0.4, -0.2) is 12.9 Å². The van der Waals surface area contributed by atoms with Gasteiger partial charge in [0.1, 0.15) is 12.0 Å². The van der Waals surface area contributed by atoms with E-state index in [1.807, 2.05) is 12.1 Å². The molecule has 2 rings (SSSR count). The van der Waals surface area contributed by atoms with Gasteiger partial charge in [-0.25, -0.2) is 0 Å². The minimum atomic E-state index is 0.208. The van der Waals surface area contributed by atoms with Crippen molar-refractivity contribution >= 4 is 22.2 Å². The highest BCUT2D eigenvalue weighted by atomic mass is 79.9. The number of benzene rings is 1. The summed E-state index contributed by atoms with van der Waals surface area (Å²) in [6, 6.07) is 6.03. The average molecular weight is 297 g/mol. The van der Waals surface area contributed by atoms with Crippen LogP contribution in [0.5, 0.6) is 5.75 Å². The summed E-state index contributed by atoms with van der Waals surface area (Å²) in [6.45, 7) is 2.86. The molecule has 2 nitrogen and oxygen atoms in total. The zero-order valence-corrected chi connectivity index (χ0v) is 11.6. The van der Waals surface area contributed by atoms with Gasteiger partial charge in [0.05, 0.1) is 6.61 Å². The normalized spacial score (nSPS) is 16.6. The number of hydrogen-bond donors (Lipinski definition) is 0.